The summed E-state index contributed by atoms with van der Waals surface area (Å²) in [7, 11) is 0. The number of aryl methyl sites for hydroxylation is 3. The summed E-state index contributed by atoms with van der Waals surface area (Å²) < 4.78 is 42.7. The van der Waals surface area contributed by atoms with E-state index in [0.29, 0.717) is 17.9 Å². The SMILES string of the molecule is Cc1cc(C)n(Cc2cccc(NC(=O)CCn3nc(C(F)(F)F)c(Cl)c3C3CC3)c2)n1. The Hall–Kier alpha value is -2.81. The van der Waals surface area contributed by atoms with Gasteiger partial charge in [-0.3, -0.25) is 14.2 Å². The first-order chi connectivity index (χ1) is 15.1. The van der Waals surface area contributed by atoms with E-state index in [4.69, 9.17) is 11.6 Å². The Kier molecular flexibility index (Phi) is 6.03. The second kappa shape index (κ2) is 8.61. The molecule has 0 bridgehead atoms. The monoisotopic (exact) mass is 465 g/mol. The Morgan fingerprint density at radius 1 is 1.19 bits per heavy atom. The van der Waals surface area contributed by atoms with Gasteiger partial charge in [-0.2, -0.15) is 23.4 Å². The molecule has 1 amide bonds. The number of alkyl halides is 3. The van der Waals surface area contributed by atoms with Crippen LogP contribution in [0.15, 0.2) is 30.3 Å². The molecular weight excluding hydrogens is 443 g/mol. The molecule has 170 valence electrons. The van der Waals surface area contributed by atoms with Crippen LogP contribution in [0.5, 0.6) is 0 Å². The molecule has 0 atom stereocenters. The number of anilines is 1. The predicted octanol–water partition coefficient (Wildman–Crippen LogP) is 5.32. The van der Waals surface area contributed by atoms with Crippen molar-refractivity contribution < 1.29 is 18.0 Å². The summed E-state index contributed by atoms with van der Waals surface area (Å²) in [5.41, 5.74) is 2.85. The summed E-state index contributed by atoms with van der Waals surface area (Å²) in [6, 6.07) is 9.40. The Balaban J connectivity index is 1.41. The van der Waals surface area contributed by atoms with Gasteiger partial charge in [-0.05, 0) is 50.5 Å². The maximum Gasteiger partial charge on any atom is 0.436 e. The molecule has 10 heteroatoms. The third kappa shape index (κ3) is 4.98. The van der Waals surface area contributed by atoms with E-state index < -0.39 is 11.9 Å². The second-order valence-electron chi connectivity index (χ2n) is 8.13. The highest BCUT2D eigenvalue weighted by molar-refractivity contribution is 6.32. The Morgan fingerprint density at radius 3 is 2.56 bits per heavy atom. The van der Waals surface area contributed by atoms with Gasteiger partial charge < -0.3 is 5.32 Å². The van der Waals surface area contributed by atoms with Gasteiger partial charge in [0.1, 0.15) is 0 Å². The molecule has 1 aliphatic rings. The van der Waals surface area contributed by atoms with Crippen molar-refractivity contribution >= 4 is 23.2 Å². The second-order valence-corrected chi connectivity index (χ2v) is 8.50. The molecule has 0 saturated heterocycles. The molecule has 2 heterocycles. The fraction of sp³-hybridized carbons (Fsp3) is 0.409. The van der Waals surface area contributed by atoms with E-state index in [0.717, 1.165) is 29.8 Å². The number of rotatable bonds is 7. The molecule has 6 nitrogen and oxygen atoms in total. The molecule has 0 unspecified atom stereocenters. The molecule has 2 aromatic heterocycles. The first-order valence-corrected chi connectivity index (χ1v) is 10.7. The minimum absolute atomic E-state index is 0.0172. The Labute approximate surface area is 188 Å². The first-order valence-electron chi connectivity index (χ1n) is 10.3. The lowest BCUT2D eigenvalue weighted by Crippen LogP contribution is -2.17. The molecule has 1 aromatic carbocycles. The van der Waals surface area contributed by atoms with Crippen molar-refractivity contribution in [3.63, 3.8) is 0 Å². The van der Waals surface area contributed by atoms with E-state index in [9.17, 15) is 18.0 Å². The summed E-state index contributed by atoms with van der Waals surface area (Å²) in [5, 5.41) is 10.6. The zero-order valence-electron chi connectivity index (χ0n) is 17.7. The molecule has 1 aliphatic carbocycles. The smallest absolute Gasteiger partial charge is 0.326 e. The van der Waals surface area contributed by atoms with Crippen molar-refractivity contribution in [3.05, 3.63) is 63.7 Å². The van der Waals surface area contributed by atoms with Crippen molar-refractivity contribution in [2.45, 2.75) is 58.3 Å². The molecule has 0 aliphatic heterocycles. The maximum absolute atomic E-state index is 13.2. The third-order valence-electron chi connectivity index (χ3n) is 5.36. The van der Waals surface area contributed by atoms with Crippen molar-refractivity contribution in [3.8, 4) is 0 Å². The Morgan fingerprint density at radius 2 is 1.94 bits per heavy atom. The molecular formula is C22H23ClF3N5O. The topological polar surface area (TPSA) is 64.7 Å². The highest BCUT2D eigenvalue weighted by Gasteiger charge is 2.42. The predicted molar refractivity (Wildman–Crippen MR) is 115 cm³/mol. The van der Waals surface area contributed by atoms with Gasteiger partial charge in [-0.15, -0.1) is 0 Å². The molecule has 1 saturated carbocycles. The van der Waals surface area contributed by atoms with E-state index in [2.05, 4.69) is 15.5 Å². The van der Waals surface area contributed by atoms with Crippen LogP contribution in [-0.4, -0.2) is 25.5 Å². The average molecular weight is 466 g/mol. The molecule has 3 aromatic rings. The molecule has 32 heavy (non-hydrogen) atoms. The number of nitrogens with zero attached hydrogens (tertiary/aromatic N) is 4. The van der Waals surface area contributed by atoms with Crippen molar-refractivity contribution in [1.29, 1.82) is 0 Å². The van der Waals surface area contributed by atoms with Gasteiger partial charge in [0.25, 0.3) is 0 Å². The number of hydrogen-bond acceptors (Lipinski definition) is 3. The van der Waals surface area contributed by atoms with Crippen LogP contribution in [0.1, 0.15) is 53.5 Å². The molecule has 1 fully saturated rings. The quantitative estimate of drug-likeness (QED) is 0.513. The van der Waals surface area contributed by atoms with Gasteiger partial charge in [-0.25, -0.2) is 0 Å². The summed E-state index contributed by atoms with van der Waals surface area (Å²) in [5.74, 6) is -0.338. The molecule has 1 N–H and O–H groups in total. The minimum Gasteiger partial charge on any atom is -0.326 e. The van der Waals surface area contributed by atoms with Crippen LogP contribution in [-0.2, 0) is 24.1 Å². The number of carbonyl (C=O) groups is 1. The zero-order valence-corrected chi connectivity index (χ0v) is 18.5. The van der Waals surface area contributed by atoms with E-state index in [1.807, 2.05) is 42.8 Å². The van der Waals surface area contributed by atoms with Gasteiger partial charge in [0.15, 0.2) is 5.69 Å². The summed E-state index contributed by atoms with van der Waals surface area (Å²) in [4.78, 5) is 12.5. The van der Waals surface area contributed by atoms with Crippen LogP contribution in [0.4, 0.5) is 18.9 Å². The van der Waals surface area contributed by atoms with Gasteiger partial charge in [0, 0.05) is 23.7 Å². The zero-order chi connectivity index (χ0) is 23.0. The summed E-state index contributed by atoms with van der Waals surface area (Å²) in [6.45, 7) is 4.51. The number of benzene rings is 1. The van der Waals surface area contributed by atoms with Crippen molar-refractivity contribution in [2.24, 2.45) is 0 Å². The Bertz CT molecular complexity index is 1150. The van der Waals surface area contributed by atoms with Crippen LogP contribution < -0.4 is 5.32 Å². The lowest BCUT2D eigenvalue weighted by Gasteiger charge is -2.10. The van der Waals surface area contributed by atoms with Crippen molar-refractivity contribution in [1.82, 2.24) is 19.6 Å². The molecule has 4 rings (SSSR count). The number of halogens is 4. The molecule has 0 spiro atoms. The lowest BCUT2D eigenvalue weighted by atomic mass is 10.2. The van der Waals surface area contributed by atoms with Gasteiger partial charge >= 0.3 is 6.18 Å². The number of amides is 1. The number of carbonyl (C=O) groups excluding carboxylic acids is 1. The number of aromatic nitrogens is 4. The van der Waals surface area contributed by atoms with Crippen LogP contribution in [0.25, 0.3) is 0 Å². The maximum atomic E-state index is 13.2. The standard InChI is InChI=1S/C22H23ClF3N5O/c1-13-10-14(2)31(28-13)12-15-4-3-5-17(11-15)27-18(32)8-9-30-20(16-6-7-16)19(23)21(29-30)22(24,25)26/h3-5,10-11,16H,6-9,12H2,1-2H3,(H,27,32). The average Bonchev–Trinajstić information content (AvgIpc) is 3.40. The van der Waals surface area contributed by atoms with E-state index >= 15 is 0 Å². The van der Waals surface area contributed by atoms with Crippen molar-refractivity contribution in [2.75, 3.05) is 5.32 Å². The molecule has 0 radical (unpaired) electrons. The van der Waals surface area contributed by atoms with Gasteiger partial charge in [0.2, 0.25) is 5.91 Å². The van der Waals surface area contributed by atoms with E-state index in [1.54, 1.807) is 6.07 Å². The van der Waals surface area contributed by atoms with Crippen LogP contribution in [0.3, 0.4) is 0 Å². The van der Waals surface area contributed by atoms with Crippen LogP contribution >= 0.6 is 11.6 Å². The third-order valence-corrected chi connectivity index (χ3v) is 5.73. The highest BCUT2D eigenvalue weighted by Crippen LogP contribution is 2.46. The highest BCUT2D eigenvalue weighted by atomic mass is 35.5. The lowest BCUT2D eigenvalue weighted by molar-refractivity contribution is -0.141. The van der Waals surface area contributed by atoms with Gasteiger partial charge in [-0.1, -0.05) is 23.7 Å². The van der Waals surface area contributed by atoms with E-state index in [1.165, 1.54) is 4.68 Å². The fourth-order valence-electron chi connectivity index (χ4n) is 3.74. The normalized spacial score (nSPS) is 14.1. The van der Waals surface area contributed by atoms with Crippen LogP contribution in [0.2, 0.25) is 5.02 Å². The summed E-state index contributed by atoms with van der Waals surface area (Å²) in [6.07, 6.45) is -3.09. The first kappa shape index (κ1) is 22.4. The summed E-state index contributed by atoms with van der Waals surface area (Å²) >= 11 is 5.98. The number of hydrogen-bond donors (Lipinski definition) is 1. The van der Waals surface area contributed by atoms with Gasteiger partial charge in [0.05, 0.1) is 29.5 Å². The minimum atomic E-state index is -4.62. The van der Waals surface area contributed by atoms with E-state index in [-0.39, 0.29) is 29.8 Å². The largest absolute Gasteiger partial charge is 0.436 e. The fourth-order valence-corrected chi connectivity index (χ4v) is 4.13. The number of nitrogens with one attached hydrogen (secondary N) is 1. The van der Waals surface area contributed by atoms with Crippen LogP contribution in [0, 0.1) is 13.8 Å².